The second-order valence-corrected chi connectivity index (χ2v) is 3.95. The topological polar surface area (TPSA) is 200 Å². The van der Waals surface area contributed by atoms with E-state index in [1.165, 1.54) is 0 Å². The van der Waals surface area contributed by atoms with E-state index in [1.54, 1.807) is 0 Å². The summed E-state index contributed by atoms with van der Waals surface area (Å²) in [4.78, 5) is 48.0. The van der Waals surface area contributed by atoms with Gasteiger partial charge in [0.15, 0.2) is 11.9 Å². The Kier molecular flexibility index (Phi) is 6.10. The molecule has 0 fully saturated rings. The smallest absolute Gasteiger partial charge is 0.317 e. The lowest BCUT2D eigenvalue weighted by molar-refractivity contribution is -0.790. The molecule has 0 saturated heterocycles. The van der Waals surface area contributed by atoms with Crippen LogP contribution < -0.4 is 4.74 Å². The van der Waals surface area contributed by atoms with Gasteiger partial charge in [-0.1, -0.05) is 0 Å². The molecule has 1 aromatic carbocycles. The molecule has 15 heteroatoms. The Labute approximate surface area is 130 Å². The molecule has 0 aliphatic heterocycles. The molecule has 0 bridgehead atoms. The van der Waals surface area contributed by atoms with E-state index in [1.807, 2.05) is 0 Å². The van der Waals surface area contributed by atoms with Crippen LogP contribution in [0.4, 0.5) is 11.4 Å². The van der Waals surface area contributed by atoms with Gasteiger partial charge in [-0.25, -0.2) is 0 Å². The average molecular weight is 348 g/mol. The van der Waals surface area contributed by atoms with Crippen LogP contribution in [0, 0.1) is 40.5 Å². The minimum absolute atomic E-state index is 0.441. The van der Waals surface area contributed by atoms with Gasteiger partial charge in [0.25, 0.3) is 15.9 Å². The maximum absolute atomic E-state index is 10.9. The number of nitro groups is 2. The number of ether oxygens (including phenoxy) is 1. The second-order valence-electron chi connectivity index (χ2n) is 3.95. The van der Waals surface area contributed by atoms with Crippen LogP contribution in [-0.4, -0.2) is 39.3 Å². The molecule has 1 aromatic rings. The SMILES string of the molecule is O=[N+]([O-])OCC(COc1ccc([N+](=O)[O-])cc1[N+](=O)[O-])O[N+](=O)[O-]. The van der Waals surface area contributed by atoms with Crippen molar-refractivity contribution in [3.63, 3.8) is 0 Å². The van der Waals surface area contributed by atoms with Crippen LogP contribution in [0.1, 0.15) is 0 Å². The zero-order valence-corrected chi connectivity index (χ0v) is 11.5. The van der Waals surface area contributed by atoms with Crippen LogP contribution >= 0.6 is 0 Å². The Morgan fingerprint density at radius 1 is 0.917 bits per heavy atom. The number of non-ortho nitro benzene ring substituents is 1. The summed E-state index contributed by atoms with van der Waals surface area (Å²) in [6.45, 7) is -1.58. The molecule has 0 heterocycles. The zero-order valence-electron chi connectivity index (χ0n) is 11.5. The highest BCUT2D eigenvalue weighted by Gasteiger charge is 2.23. The maximum Gasteiger partial charge on any atom is 0.317 e. The third-order valence-electron chi connectivity index (χ3n) is 2.38. The first-order chi connectivity index (χ1) is 11.2. The third kappa shape index (κ3) is 5.54. The van der Waals surface area contributed by atoms with Crippen molar-refractivity contribution in [3.8, 4) is 5.75 Å². The summed E-state index contributed by atoms with van der Waals surface area (Å²) in [7, 11) is 0. The van der Waals surface area contributed by atoms with Gasteiger partial charge in [0, 0.05) is 6.07 Å². The van der Waals surface area contributed by atoms with Crippen LogP contribution in [0.5, 0.6) is 5.75 Å². The molecule has 1 rings (SSSR count). The molecule has 1 atom stereocenters. The lowest BCUT2D eigenvalue weighted by Gasteiger charge is -2.14. The van der Waals surface area contributed by atoms with Gasteiger partial charge < -0.3 is 14.4 Å². The average Bonchev–Trinajstić information content (AvgIpc) is 2.49. The summed E-state index contributed by atoms with van der Waals surface area (Å²) in [6.07, 6.45) is -1.56. The Balaban J connectivity index is 2.88. The molecule has 0 N–H and O–H groups in total. The summed E-state index contributed by atoms with van der Waals surface area (Å²) in [5.74, 6) is -0.441. The number of hydrogen-bond donors (Lipinski definition) is 0. The predicted molar refractivity (Wildman–Crippen MR) is 70.1 cm³/mol. The molecular formula is C9H8N4O11. The van der Waals surface area contributed by atoms with Gasteiger partial charge in [-0.05, 0) is 6.07 Å². The first-order valence-electron chi connectivity index (χ1n) is 5.84. The van der Waals surface area contributed by atoms with E-state index >= 15 is 0 Å². The highest BCUT2D eigenvalue weighted by molar-refractivity contribution is 5.53. The largest absolute Gasteiger partial charge is 0.484 e. The first-order valence-corrected chi connectivity index (χ1v) is 5.84. The van der Waals surface area contributed by atoms with Crippen LogP contribution in [0.25, 0.3) is 0 Å². The summed E-state index contributed by atoms with van der Waals surface area (Å²) < 4.78 is 4.93. The van der Waals surface area contributed by atoms with E-state index < -0.39 is 56.5 Å². The fourth-order valence-electron chi connectivity index (χ4n) is 1.44. The zero-order chi connectivity index (χ0) is 18.3. The first kappa shape index (κ1) is 18.3. The van der Waals surface area contributed by atoms with Crippen molar-refractivity contribution < 1.29 is 34.4 Å². The minimum atomic E-state index is -1.56. The van der Waals surface area contributed by atoms with E-state index in [-0.39, 0.29) is 0 Å². The van der Waals surface area contributed by atoms with Gasteiger partial charge in [0.05, 0.1) is 15.9 Å². The fourth-order valence-corrected chi connectivity index (χ4v) is 1.44. The van der Waals surface area contributed by atoms with E-state index in [0.717, 1.165) is 12.1 Å². The number of rotatable bonds is 10. The number of nitrogens with zero attached hydrogens (tertiary/aromatic N) is 4. The molecular weight excluding hydrogens is 340 g/mol. The molecule has 0 aromatic heterocycles. The highest BCUT2D eigenvalue weighted by atomic mass is 17.0. The van der Waals surface area contributed by atoms with Crippen molar-refractivity contribution >= 4 is 11.4 Å². The lowest BCUT2D eigenvalue weighted by atomic mass is 10.2. The van der Waals surface area contributed by atoms with Gasteiger partial charge >= 0.3 is 5.69 Å². The molecule has 130 valence electrons. The molecule has 0 saturated carbocycles. The van der Waals surface area contributed by atoms with Gasteiger partial charge in [-0.15, -0.1) is 20.2 Å². The van der Waals surface area contributed by atoms with E-state index in [9.17, 15) is 40.5 Å². The van der Waals surface area contributed by atoms with Gasteiger partial charge in [-0.3, -0.25) is 20.2 Å². The standard InChI is InChI=1S/C9H8N4O11/c14-10(15)6-1-2-9(8(3-6)11(16)17)22-4-7(24-13(20)21)5-23-12(18)19/h1-3,7H,4-5H2. The third-order valence-corrected chi connectivity index (χ3v) is 2.38. The minimum Gasteiger partial charge on any atom is -0.484 e. The number of benzene rings is 1. The quantitative estimate of drug-likeness (QED) is 0.424. The number of nitro benzene ring substituents is 2. The Morgan fingerprint density at radius 3 is 2.08 bits per heavy atom. The van der Waals surface area contributed by atoms with Crippen LogP contribution in [0.2, 0.25) is 0 Å². The molecule has 0 amide bonds. The van der Waals surface area contributed by atoms with Crippen LogP contribution in [0.3, 0.4) is 0 Å². The second kappa shape index (κ2) is 8.01. The fraction of sp³-hybridized carbons (Fsp3) is 0.333. The van der Waals surface area contributed by atoms with Crippen molar-refractivity contribution in [1.29, 1.82) is 0 Å². The number of hydrogen-bond acceptors (Lipinski definition) is 11. The van der Waals surface area contributed by atoms with E-state index in [2.05, 4.69) is 9.68 Å². The molecule has 15 nitrogen and oxygen atoms in total. The monoisotopic (exact) mass is 348 g/mol. The van der Waals surface area contributed by atoms with Crippen molar-refractivity contribution in [2.75, 3.05) is 13.2 Å². The summed E-state index contributed by atoms with van der Waals surface area (Å²) >= 11 is 0. The summed E-state index contributed by atoms with van der Waals surface area (Å²) in [6, 6.07) is 2.46. The maximum atomic E-state index is 10.9. The van der Waals surface area contributed by atoms with Crippen molar-refractivity contribution in [1.82, 2.24) is 0 Å². The van der Waals surface area contributed by atoms with Gasteiger partial charge in [-0.2, -0.15) is 0 Å². The molecule has 0 aliphatic carbocycles. The Morgan fingerprint density at radius 2 is 1.58 bits per heavy atom. The Bertz CT molecular complexity index is 663. The molecule has 0 aliphatic rings. The Hall–Kier alpha value is -3.78. The van der Waals surface area contributed by atoms with Gasteiger partial charge in [0.1, 0.15) is 13.2 Å². The van der Waals surface area contributed by atoms with Crippen molar-refractivity contribution in [2.24, 2.45) is 0 Å². The normalized spacial score (nSPS) is 11.2. The summed E-state index contributed by atoms with van der Waals surface area (Å²) in [5.41, 5.74) is -1.33. The molecule has 0 radical (unpaired) electrons. The van der Waals surface area contributed by atoms with Crippen molar-refractivity contribution in [3.05, 3.63) is 58.7 Å². The molecule has 24 heavy (non-hydrogen) atoms. The van der Waals surface area contributed by atoms with Crippen LogP contribution in [0.15, 0.2) is 18.2 Å². The van der Waals surface area contributed by atoms with E-state index in [4.69, 9.17) is 4.74 Å². The van der Waals surface area contributed by atoms with Crippen molar-refractivity contribution in [2.45, 2.75) is 6.10 Å². The lowest BCUT2D eigenvalue weighted by Crippen LogP contribution is -2.30. The predicted octanol–water partition coefficient (Wildman–Crippen LogP) is 0.667. The van der Waals surface area contributed by atoms with Gasteiger partial charge in [0.2, 0.25) is 0 Å². The molecule has 0 spiro atoms. The molecule has 1 unspecified atom stereocenters. The van der Waals surface area contributed by atoms with Crippen LogP contribution in [-0.2, 0) is 9.68 Å². The summed E-state index contributed by atoms with van der Waals surface area (Å²) in [5, 5.41) is 39.4. The highest BCUT2D eigenvalue weighted by Crippen LogP contribution is 2.31. The van der Waals surface area contributed by atoms with E-state index in [0.29, 0.717) is 6.07 Å².